The summed E-state index contributed by atoms with van der Waals surface area (Å²) in [5.41, 5.74) is 0.793. The molecule has 2 atom stereocenters. The third-order valence-corrected chi connectivity index (χ3v) is 4.36. The van der Waals surface area contributed by atoms with Crippen molar-refractivity contribution in [3.8, 4) is 0 Å². The Bertz CT molecular complexity index is 446. The summed E-state index contributed by atoms with van der Waals surface area (Å²) in [6.07, 6.45) is 5.27. The highest BCUT2D eigenvalue weighted by Crippen LogP contribution is 2.41. The van der Waals surface area contributed by atoms with Crippen molar-refractivity contribution in [1.82, 2.24) is 10.2 Å². The molecule has 3 rings (SSSR count). The number of carbonyl (C=O) groups is 1. The van der Waals surface area contributed by atoms with Gasteiger partial charge in [-0.15, -0.1) is 0 Å². The molecule has 0 radical (unpaired) electrons. The smallest absolute Gasteiger partial charge is 0.229 e. The lowest BCUT2D eigenvalue weighted by atomic mass is 9.75. The Hall–Kier alpha value is -1.33. The third kappa shape index (κ3) is 2.17. The molecule has 5 heteroatoms. The molecule has 104 valence electrons. The zero-order valence-corrected chi connectivity index (χ0v) is 11.2. The SMILES string of the molecule is CNC(=O)[C@]12CCO[C@H]1CCN(Cc1ccoc1)C2. The van der Waals surface area contributed by atoms with E-state index >= 15 is 0 Å². The van der Waals surface area contributed by atoms with Gasteiger partial charge in [-0.05, 0) is 18.9 Å². The Balaban J connectivity index is 1.75. The molecule has 1 aromatic rings. The molecule has 1 aromatic heterocycles. The van der Waals surface area contributed by atoms with Crippen molar-refractivity contribution in [2.24, 2.45) is 5.41 Å². The van der Waals surface area contributed by atoms with Crippen molar-refractivity contribution in [2.45, 2.75) is 25.5 Å². The van der Waals surface area contributed by atoms with Crippen LogP contribution in [0.15, 0.2) is 23.0 Å². The molecular formula is C14H20N2O3. The van der Waals surface area contributed by atoms with Crippen LogP contribution in [0.25, 0.3) is 0 Å². The first-order valence-corrected chi connectivity index (χ1v) is 6.82. The predicted molar refractivity (Wildman–Crippen MR) is 69.5 cm³/mol. The van der Waals surface area contributed by atoms with E-state index in [4.69, 9.17) is 9.15 Å². The fourth-order valence-corrected chi connectivity index (χ4v) is 3.38. The van der Waals surface area contributed by atoms with Gasteiger partial charge in [0.05, 0.1) is 24.0 Å². The summed E-state index contributed by atoms with van der Waals surface area (Å²) in [7, 11) is 1.71. The Kier molecular flexibility index (Phi) is 3.33. The van der Waals surface area contributed by atoms with Crippen molar-refractivity contribution in [3.05, 3.63) is 24.2 Å². The van der Waals surface area contributed by atoms with Crippen molar-refractivity contribution in [3.63, 3.8) is 0 Å². The maximum atomic E-state index is 12.3. The van der Waals surface area contributed by atoms with Crippen LogP contribution < -0.4 is 5.32 Å². The Morgan fingerprint density at radius 3 is 3.26 bits per heavy atom. The molecule has 2 fully saturated rings. The van der Waals surface area contributed by atoms with Crippen LogP contribution in [-0.4, -0.2) is 43.7 Å². The zero-order chi connectivity index (χ0) is 13.3. The molecule has 0 saturated carbocycles. The Morgan fingerprint density at radius 2 is 2.53 bits per heavy atom. The molecule has 0 aliphatic carbocycles. The van der Waals surface area contributed by atoms with Crippen LogP contribution in [0.4, 0.5) is 0 Å². The van der Waals surface area contributed by atoms with Crippen molar-refractivity contribution in [2.75, 3.05) is 26.7 Å². The van der Waals surface area contributed by atoms with Crippen molar-refractivity contribution in [1.29, 1.82) is 0 Å². The lowest BCUT2D eigenvalue weighted by Gasteiger charge is -2.42. The van der Waals surface area contributed by atoms with Gasteiger partial charge >= 0.3 is 0 Å². The van der Waals surface area contributed by atoms with Gasteiger partial charge in [0, 0.05) is 38.9 Å². The molecule has 3 heterocycles. The number of likely N-dealkylation sites (tertiary alicyclic amines) is 1. The molecule has 2 aliphatic heterocycles. The Labute approximate surface area is 112 Å². The largest absolute Gasteiger partial charge is 0.472 e. The van der Waals surface area contributed by atoms with Gasteiger partial charge in [-0.2, -0.15) is 0 Å². The minimum Gasteiger partial charge on any atom is -0.472 e. The highest BCUT2D eigenvalue weighted by Gasteiger charge is 2.52. The van der Waals surface area contributed by atoms with Crippen LogP contribution in [0.1, 0.15) is 18.4 Å². The Morgan fingerprint density at radius 1 is 1.63 bits per heavy atom. The van der Waals surface area contributed by atoms with Gasteiger partial charge in [0.15, 0.2) is 0 Å². The van der Waals surface area contributed by atoms with E-state index in [0.29, 0.717) is 6.61 Å². The van der Waals surface area contributed by atoms with Gasteiger partial charge in [0.1, 0.15) is 0 Å². The first kappa shape index (κ1) is 12.7. The minimum absolute atomic E-state index is 0.0769. The quantitative estimate of drug-likeness (QED) is 0.885. The second kappa shape index (κ2) is 4.98. The molecule has 1 N–H and O–H groups in total. The number of ether oxygens (including phenoxy) is 1. The van der Waals surface area contributed by atoms with Crippen LogP contribution in [0.2, 0.25) is 0 Å². The third-order valence-electron chi connectivity index (χ3n) is 4.36. The van der Waals surface area contributed by atoms with E-state index in [1.165, 1.54) is 0 Å². The van der Waals surface area contributed by atoms with E-state index < -0.39 is 0 Å². The molecule has 0 spiro atoms. The number of piperidine rings is 1. The van der Waals surface area contributed by atoms with Gasteiger partial charge in [-0.25, -0.2) is 0 Å². The van der Waals surface area contributed by atoms with E-state index in [0.717, 1.165) is 38.0 Å². The van der Waals surface area contributed by atoms with Gasteiger partial charge in [0.2, 0.25) is 5.91 Å². The lowest BCUT2D eigenvalue weighted by molar-refractivity contribution is -0.139. The fourth-order valence-electron chi connectivity index (χ4n) is 3.38. The number of amides is 1. The second-order valence-electron chi connectivity index (χ2n) is 5.48. The zero-order valence-electron chi connectivity index (χ0n) is 11.2. The molecule has 0 bridgehead atoms. The maximum absolute atomic E-state index is 12.3. The first-order valence-electron chi connectivity index (χ1n) is 6.82. The van der Waals surface area contributed by atoms with Gasteiger partial charge < -0.3 is 14.5 Å². The van der Waals surface area contributed by atoms with Gasteiger partial charge in [-0.1, -0.05) is 0 Å². The lowest BCUT2D eigenvalue weighted by Crippen LogP contribution is -2.56. The van der Waals surface area contributed by atoms with Crippen LogP contribution in [0, 0.1) is 5.41 Å². The number of furan rings is 1. The summed E-state index contributed by atoms with van der Waals surface area (Å²) in [5, 5.41) is 2.81. The van der Waals surface area contributed by atoms with Gasteiger partial charge in [-0.3, -0.25) is 9.69 Å². The molecule has 5 nitrogen and oxygen atoms in total. The molecule has 0 unspecified atom stereocenters. The van der Waals surface area contributed by atoms with Crippen LogP contribution in [0.5, 0.6) is 0 Å². The van der Waals surface area contributed by atoms with E-state index in [9.17, 15) is 4.79 Å². The summed E-state index contributed by atoms with van der Waals surface area (Å²) < 4.78 is 10.9. The normalized spacial score (nSPS) is 31.1. The number of nitrogens with one attached hydrogen (secondary N) is 1. The summed E-state index contributed by atoms with van der Waals surface area (Å²) in [6.45, 7) is 3.26. The maximum Gasteiger partial charge on any atom is 0.229 e. The molecule has 2 saturated heterocycles. The number of fused-ring (bicyclic) bond motifs is 1. The van der Waals surface area contributed by atoms with E-state index in [1.807, 2.05) is 6.07 Å². The van der Waals surface area contributed by atoms with Crippen LogP contribution in [0.3, 0.4) is 0 Å². The highest BCUT2D eigenvalue weighted by molar-refractivity contribution is 5.83. The standard InChI is InChI=1S/C14H20N2O3/c1-15-13(17)14-4-7-19-12(14)2-5-16(10-14)8-11-3-6-18-9-11/h3,6,9,12H,2,4-5,7-8,10H2,1H3,(H,15,17)/t12-,14-/m0/s1. The van der Waals surface area contributed by atoms with E-state index in [-0.39, 0.29) is 17.4 Å². The van der Waals surface area contributed by atoms with Crippen LogP contribution in [-0.2, 0) is 16.1 Å². The summed E-state index contributed by atoms with van der Waals surface area (Å²) >= 11 is 0. The summed E-state index contributed by atoms with van der Waals surface area (Å²) in [5.74, 6) is 0.117. The number of carbonyl (C=O) groups excluding carboxylic acids is 1. The second-order valence-corrected chi connectivity index (χ2v) is 5.48. The predicted octanol–water partition coefficient (Wildman–Crippen LogP) is 1.01. The summed E-state index contributed by atoms with van der Waals surface area (Å²) in [4.78, 5) is 14.6. The molecule has 2 aliphatic rings. The minimum atomic E-state index is -0.364. The van der Waals surface area contributed by atoms with Crippen LogP contribution >= 0.6 is 0 Å². The number of hydrogen-bond donors (Lipinski definition) is 1. The monoisotopic (exact) mass is 264 g/mol. The molecule has 0 aromatic carbocycles. The van der Waals surface area contributed by atoms with Crippen molar-refractivity contribution < 1.29 is 13.9 Å². The molecule has 19 heavy (non-hydrogen) atoms. The average Bonchev–Trinajstić information content (AvgIpc) is 3.06. The average molecular weight is 264 g/mol. The topological polar surface area (TPSA) is 54.7 Å². The highest BCUT2D eigenvalue weighted by atomic mass is 16.5. The van der Waals surface area contributed by atoms with Gasteiger partial charge in [0.25, 0.3) is 0 Å². The molecule has 1 amide bonds. The number of nitrogens with zero attached hydrogens (tertiary/aromatic N) is 1. The van der Waals surface area contributed by atoms with Crippen molar-refractivity contribution >= 4 is 5.91 Å². The number of hydrogen-bond acceptors (Lipinski definition) is 4. The first-order chi connectivity index (χ1) is 9.24. The van der Waals surface area contributed by atoms with E-state index in [1.54, 1.807) is 19.6 Å². The molecular weight excluding hydrogens is 244 g/mol. The van der Waals surface area contributed by atoms with E-state index in [2.05, 4.69) is 10.2 Å². The fraction of sp³-hybridized carbons (Fsp3) is 0.643. The number of rotatable bonds is 3. The summed E-state index contributed by atoms with van der Waals surface area (Å²) in [6, 6.07) is 1.98.